The molecule has 0 unspecified atom stereocenters. The summed E-state index contributed by atoms with van der Waals surface area (Å²) in [5, 5.41) is 13.7. The number of nitrogens with one attached hydrogen (secondary N) is 1. The fraction of sp³-hybridized carbons (Fsp3) is 0. The third-order valence-electron chi connectivity index (χ3n) is 2.59. The maximum Gasteiger partial charge on any atom is 1.00 e. The zero-order chi connectivity index (χ0) is 10.3. The van der Waals surface area contributed by atoms with Crippen molar-refractivity contribution in [3.05, 3.63) is 48.5 Å². The third kappa shape index (κ3) is 1.67. The summed E-state index contributed by atoms with van der Waals surface area (Å²) in [5.74, 6) is 0.0400. The van der Waals surface area contributed by atoms with Crippen molar-refractivity contribution < 1.29 is 29.0 Å². The van der Waals surface area contributed by atoms with E-state index in [2.05, 4.69) is 4.98 Å². The Bertz CT molecular complexity index is 652. The minimum Gasteiger partial charge on any atom is -0.868 e. The molecule has 0 saturated heterocycles. The minimum atomic E-state index is 0. The predicted molar refractivity (Wildman–Crippen MR) is 57.5 cm³/mol. The molecule has 72 valence electrons. The van der Waals surface area contributed by atoms with Crippen LogP contribution in [0.15, 0.2) is 48.5 Å². The fourth-order valence-electron chi connectivity index (χ4n) is 1.84. The van der Waals surface area contributed by atoms with Gasteiger partial charge >= 0.3 is 18.9 Å². The molecule has 0 bridgehead atoms. The summed E-state index contributed by atoms with van der Waals surface area (Å²) < 4.78 is 0. The van der Waals surface area contributed by atoms with E-state index in [1.807, 2.05) is 36.4 Å². The Morgan fingerprint density at radius 2 is 1.62 bits per heavy atom. The van der Waals surface area contributed by atoms with Crippen LogP contribution in [0.3, 0.4) is 0 Å². The molecule has 1 heterocycles. The van der Waals surface area contributed by atoms with E-state index < -0.39 is 0 Å². The Morgan fingerprint density at radius 3 is 2.50 bits per heavy atom. The van der Waals surface area contributed by atoms with Crippen LogP contribution >= 0.6 is 0 Å². The average Bonchev–Trinajstić information content (AvgIpc) is 2.27. The Balaban J connectivity index is 0.000000963. The van der Waals surface area contributed by atoms with E-state index in [1.165, 1.54) is 0 Å². The van der Waals surface area contributed by atoms with Crippen LogP contribution in [0.25, 0.3) is 21.8 Å². The van der Waals surface area contributed by atoms with Crippen LogP contribution < -0.4 is 29.0 Å². The molecule has 3 aromatic rings. The first-order chi connectivity index (χ1) is 7.34. The molecular formula is C13H9LiNO+. The van der Waals surface area contributed by atoms with Gasteiger partial charge in [0, 0.05) is 16.8 Å². The van der Waals surface area contributed by atoms with Gasteiger partial charge in [-0.05, 0) is 23.9 Å². The van der Waals surface area contributed by atoms with Gasteiger partial charge in [0.15, 0.2) is 0 Å². The van der Waals surface area contributed by atoms with Crippen molar-refractivity contribution >= 4 is 21.8 Å². The van der Waals surface area contributed by atoms with Gasteiger partial charge in [-0.2, -0.15) is 0 Å². The molecule has 0 spiro atoms. The number of fused-ring (bicyclic) bond motifs is 2. The van der Waals surface area contributed by atoms with E-state index in [1.54, 1.807) is 12.1 Å². The fourth-order valence-corrected chi connectivity index (χ4v) is 1.84. The summed E-state index contributed by atoms with van der Waals surface area (Å²) in [7, 11) is 0. The number of aromatic nitrogens is 1. The van der Waals surface area contributed by atoms with Crippen LogP contribution in [0.4, 0.5) is 0 Å². The Kier molecular flexibility index (Phi) is 2.87. The van der Waals surface area contributed by atoms with Crippen molar-refractivity contribution in [1.82, 2.24) is 0 Å². The molecule has 16 heavy (non-hydrogen) atoms. The second kappa shape index (κ2) is 4.17. The van der Waals surface area contributed by atoms with E-state index in [9.17, 15) is 5.11 Å². The van der Waals surface area contributed by atoms with Gasteiger partial charge in [-0.3, -0.25) is 0 Å². The van der Waals surface area contributed by atoms with Crippen LogP contribution in [0, 0.1) is 0 Å². The van der Waals surface area contributed by atoms with Gasteiger partial charge in [0.05, 0.1) is 0 Å². The molecule has 0 radical (unpaired) electrons. The topological polar surface area (TPSA) is 37.2 Å². The average molecular weight is 202 g/mol. The zero-order valence-corrected chi connectivity index (χ0v) is 9.03. The second-order valence-electron chi connectivity index (χ2n) is 3.58. The molecule has 0 aliphatic carbocycles. The SMILES string of the molecule is [Li+].[O-]c1cccc2cc3ccccc3[nH+]c12. The number of para-hydroxylation sites is 2. The summed E-state index contributed by atoms with van der Waals surface area (Å²) >= 11 is 0. The van der Waals surface area contributed by atoms with Crippen LogP contribution in [-0.2, 0) is 0 Å². The van der Waals surface area contributed by atoms with Crippen LogP contribution in [-0.4, -0.2) is 0 Å². The normalized spacial score (nSPS) is 10.2. The second-order valence-corrected chi connectivity index (χ2v) is 3.58. The summed E-state index contributed by atoms with van der Waals surface area (Å²) in [6.07, 6.45) is 0. The molecule has 0 atom stereocenters. The van der Waals surface area contributed by atoms with Crippen molar-refractivity contribution in [3.63, 3.8) is 0 Å². The number of aromatic amines is 1. The number of H-pyrrole nitrogens is 1. The van der Waals surface area contributed by atoms with Gasteiger partial charge in [-0.1, -0.05) is 24.3 Å². The molecule has 0 aliphatic heterocycles. The number of benzene rings is 2. The number of pyridine rings is 1. The molecular weight excluding hydrogens is 193 g/mol. The van der Waals surface area contributed by atoms with Crippen molar-refractivity contribution in [3.8, 4) is 5.75 Å². The Hall–Kier alpha value is -1.49. The van der Waals surface area contributed by atoms with Crippen molar-refractivity contribution in [2.45, 2.75) is 0 Å². The molecule has 0 aliphatic rings. The number of hydrogen-bond donors (Lipinski definition) is 0. The number of hydrogen-bond acceptors (Lipinski definition) is 1. The zero-order valence-electron chi connectivity index (χ0n) is 9.03. The Morgan fingerprint density at radius 1 is 0.875 bits per heavy atom. The molecule has 1 N–H and O–H groups in total. The summed E-state index contributed by atoms with van der Waals surface area (Å²) in [5.41, 5.74) is 1.67. The molecule has 2 aromatic carbocycles. The van der Waals surface area contributed by atoms with Gasteiger partial charge in [-0.15, -0.1) is 0 Å². The Labute approximate surface area is 105 Å². The molecule has 1 aromatic heterocycles. The van der Waals surface area contributed by atoms with Crippen LogP contribution in [0.1, 0.15) is 0 Å². The molecule has 0 saturated carbocycles. The minimum absolute atomic E-state index is 0. The van der Waals surface area contributed by atoms with Gasteiger partial charge in [-0.25, -0.2) is 4.98 Å². The van der Waals surface area contributed by atoms with Gasteiger partial charge in [0.2, 0.25) is 11.0 Å². The molecule has 3 rings (SSSR count). The van der Waals surface area contributed by atoms with Crippen molar-refractivity contribution in [2.24, 2.45) is 0 Å². The van der Waals surface area contributed by atoms with Gasteiger partial charge in [0.25, 0.3) is 0 Å². The van der Waals surface area contributed by atoms with E-state index in [0.29, 0.717) is 5.52 Å². The van der Waals surface area contributed by atoms with E-state index in [-0.39, 0.29) is 24.6 Å². The monoisotopic (exact) mass is 202 g/mol. The first-order valence-corrected chi connectivity index (χ1v) is 4.85. The largest absolute Gasteiger partial charge is 1.00 e. The maximum absolute atomic E-state index is 11.6. The molecule has 3 heteroatoms. The summed E-state index contributed by atoms with van der Waals surface area (Å²) in [6, 6.07) is 15.3. The molecule has 0 fully saturated rings. The van der Waals surface area contributed by atoms with Gasteiger partial charge < -0.3 is 5.11 Å². The number of rotatable bonds is 0. The molecule has 0 amide bonds. The maximum atomic E-state index is 11.6. The smallest absolute Gasteiger partial charge is 0.868 e. The standard InChI is InChI=1S/C13H9NO.Li/c15-12-7-3-5-10-8-9-4-1-2-6-11(9)14-13(10)12;/h1-8,15H;/q;+1. The predicted octanol–water partition coefficient (Wildman–Crippen LogP) is -1.12. The van der Waals surface area contributed by atoms with Crippen LogP contribution in [0.2, 0.25) is 0 Å². The van der Waals surface area contributed by atoms with Gasteiger partial charge in [0.1, 0.15) is 0 Å². The van der Waals surface area contributed by atoms with Crippen molar-refractivity contribution in [2.75, 3.05) is 0 Å². The quantitative estimate of drug-likeness (QED) is 0.336. The van der Waals surface area contributed by atoms with E-state index in [0.717, 1.165) is 16.3 Å². The summed E-state index contributed by atoms with van der Waals surface area (Å²) in [4.78, 5) is 3.16. The first-order valence-electron chi connectivity index (χ1n) is 4.85. The van der Waals surface area contributed by atoms with E-state index >= 15 is 0 Å². The third-order valence-corrected chi connectivity index (χ3v) is 2.59. The first kappa shape index (κ1) is 11.0. The van der Waals surface area contributed by atoms with E-state index in [4.69, 9.17) is 0 Å². The van der Waals surface area contributed by atoms with Crippen LogP contribution in [0.5, 0.6) is 5.75 Å². The van der Waals surface area contributed by atoms with Crippen molar-refractivity contribution in [1.29, 1.82) is 0 Å². The molecule has 2 nitrogen and oxygen atoms in total. The summed E-state index contributed by atoms with van der Waals surface area (Å²) in [6.45, 7) is 0.